The lowest BCUT2D eigenvalue weighted by Gasteiger charge is -2.27. The predicted octanol–water partition coefficient (Wildman–Crippen LogP) is 3.93. The second-order valence-electron chi connectivity index (χ2n) is 5.34. The Bertz CT molecular complexity index is 500. The zero-order chi connectivity index (χ0) is 16.8. The Balaban J connectivity index is 2.61. The first-order chi connectivity index (χ1) is 10.3. The van der Waals surface area contributed by atoms with Gasteiger partial charge in [-0.25, -0.2) is 4.89 Å². The van der Waals surface area contributed by atoms with Crippen LogP contribution in [0.25, 0.3) is 0 Å². The molecule has 0 fully saturated rings. The summed E-state index contributed by atoms with van der Waals surface area (Å²) in [7, 11) is 0. The molecule has 0 saturated heterocycles. The smallest absolute Gasteiger partial charge is 0.185 e. The third kappa shape index (κ3) is 5.64. The van der Waals surface area contributed by atoms with Crippen LogP contribution in [0, 0.1) is 0 Å². The van der Waals surface area contributed by atoms with E-state index < -0.39 is 5.60 Å². The third-order valence-electron chi connectivity index (χ3n) is 3.77. The van der Waals surface area contributed by atoms with E-state index in [1.807, 2.05) is 29.9 Å². The van der Waals surface area contributed by atoms with Gasteiger partial charge < -0.3 is 3.07 Å². The molecule has 0 aromatic carbocycles. The Morgan fingerprint density at radius 3 is 2.41 bits per heavy atom. The molecular formula is C14H18I2O6. The van der Waals surface area contributed by atoms with E-state index in [9.17, 15) is 9.59 Å². The Kier molecular flexibility index (Phi) is 8.64. The molecule has 0 aromatic heterocycles. The van der Waals surface area contributed by atoms with Gasteiger partial charge in [-0.3, -0.25) is 9.59 Å². The molecule has 0 radical (unpaired) electrons. The summed E-state index contributed by atoms with van der Waals surface area (Å²) in [5, 5.41) is 4.34. The first-order valence-electron chi connectivity index (χ1n) is 6.68. The van der Waals surface area contributed by atoms with Crippen LogP contribution in [-0.2, 0) is 25.8 Å². The second kappa shape index (κ2) is 9.42. The Hall–Kier alpha value is 0.120. The largest absolute Gasteiger partial charge is 0.309 e. The quantitative estimate of drug-likeness (QED) is 0.146. The lowest BCUT2D eigenvalue weighted by molar-refractivity contribution is -0.448. The van der Waals surface area contributed by atoms with Crippen molar-refractivity contribution >= 4 is 57.6 Å². The lowest BCUT2D eigenvalue weighted by Crippen LogP contribution is -2.28. The summed E-state index contributed by atoms with van der Waals surface area (Å²) in [4.78, 5) is 28.8. The maximum Gasteiger partial charge on any atom is 0.185 e. The van der Waals surface area contributed by atoms with E-state index in [4.69, 9.17) is 7.95 Å². The normalized spacial score (nSPS) is 18.5. The van der Waals surface area contributed by atoms with Crippen LogP contribution in [0.1, 0.15) is 40.0 Å². The number of Topliss-reactive ketones (excluding diaryl/α,β-unsaturated/α-hetero) is 1. The highest BCUT2D eigenvalue weighted by molar-refractivity contribution is 14.1. The van der Waals surface area contributed by atoms with E-state index >= 15 is 0 Å². The van der Waals surface area contributed by atoms with Crippen molar-refractivity contribution in [1.82, 2.24) is 0 Å². The molecule has 22 heavy (non-hydrogen) atoms. The highest BCUT2D eigenvalue weighted by Crippen LogP contribution is 2.29. The van der Waals surface area contributed by atoms with Crippen molar-refractivity contribution < 1.29 is 25.8 Å². The molecule has 8 heteroatoms. The molecule has 0 N–H and O–H groups in total. The number of carbonyl (C=O) groups is 2. The molecule has 1 aliphatic carbocycles. The Morgan fingerprint density at radius 2 is 1.82 bits per heavy atom. The maximum atomic E-state index is 12.2. The van der Waals surface area contributed by atoms with E-state index in [0.717, 1.165) is 0 Å². The van der Waals surface area contributed by atoms with Crippen molar-refractivity contribution in [2.24, 2.45) is 0 Å². The van der Waals surface area contributed by atoms with Crippen molar-refractivity contribution in [2.75, 3.05) is 6.61 Å². The molecule has 6 nitrogen and oxygen atoms in total. The summed E-state index contributed by atoms with van der Waals surface area (Å²) in [5.41, 5.74) is 1.07. The average Bonchev–Trinajstić information content (AvgIpc) is 2.52. The van der Waals surface area contributed by atoms with Crippen molar-refractivity contribution in [1.29, 1.82) is 0 Å². The van der Waals surface area contributed by atoms with Gasteiger partial charge in [0.2, 0.25) is 0 Å². The lowest BCUT2D eigenvalue weighted by atomic mass is 9.86. The molecule has 0 unspecified atom stereocenters. The summed E-state index contributed by atoms with van der Waals surface area (Å²) in [6.45, 7) is 5.56. The zero-order valence-electron chi connectivity index (χ0n) is 12.6. The minimum absolute atomic E-state index is 0.0641. The van der Waals surface area contributed by atoms with Gasteiger partial charge in [0.05, 0.1) is 12.2 Å². The fourth-order valence-corrected chi connectivity index (χ4v) is 2.57. The van der Waals surface area contributed by atoms with Crippen LogP contribution < -0.4 is 0 Å². The van der Waals surface area contributed by atoms with Gasteiger partial charge >= 0.3 is 0 Å². The molecule has 0 spiro atoms. The Morgan fingerprint density at radius 1 is 1.14 bits per heavy atom. The van der Waals surface area contributed by atoms with Gasteiger partial charge in [-0.2, -0.15) is 0 Å². The van der Waals surface area contributed by atoms with Gasteiger partial charge in [0.25, 0.3) is 0 Å². The minimum Gasteiger partial charge on any atom is -0.309 e. The summed E-state index contributed by atoms with van der Waals surface area (Å²) in [5.74, 6) is -0.161. The van der Waals surface area contributed by atoms with Crippen LogP contribution in [0.15, 0.2) is 22.8 Å². The van der Waals surface area contributed by atoms with Gasteiger partial charge in [-0.15, -0.1) is 3.22 Å². The molecule has 0 saturated carbocycles. The second-order valence-corrected chi connectivity index (χ2v) is 6.14. The van der Waals surface area contributed by atoms with E-state index in [1.165, 1.54) is 6.08 Å². The van der Waals surface area contributed by atoms with Crippen LogP contribution in [0.3, 0.4) is 0 Å². The van der Waals surface area contributed by atoms with Crippen LogP contribution in [0.5, 0.6) is 0 Å². The third-order valence-corrected chi connectivity index (χ3v) is 4.98. The van der Waals surface area contributed by atoms with E-state index in [1.54, 1.807) is 36.9 Å². The molecule has 0 heterocycles. The van der Waals surface area contributed by atoms with Crippen LogP contribution in [0.2, 0.25) is 0 Å². The highest BCUT2D eigenvalue weighted by atomic mass is 127. The van der Waals surface area contributed by atoms with Gasteiger partial charge in [0, 0.05) is 23.1 Å². The van der Waals surface area contributed by atoms with Crippen LogP contribution >= 0.6 is 46.0 Å². The van der Waals surface area contributed by atoms with Crippen LogP contribution in [-0.4, -0.2) is 23.8 Å². The van der Waals surface area contributed by atoms with Crippen molar-refractivity contribution in [2.45, 2.75) is 45.6 Å². The van der Waals surface area contributed by atoms with E-state index in [-0.39, 0.29) is 18.2 Å². The summed E-state index contributed by atoms with van der Waals surface area (Å²) in [6, 6.07) is 0. The van der Waals surface area contributed by atoms with Crippen molar-refractivity contribution in [3.8, 4) is 0 Å². The molecule has 1 atom stereocenters. The van der Waals surface area contributed by atoms with Gasteiger partial charge in [-0.05, 0) is 39.7 Å². The molecule has 0 aromatic rings. The fraction of sp³-hybridized carbons (Fsp3) is 0.571. The van der Waals surface area contributed by atoms with Crippen molar-refractivity contribution in [3.63, 3.8) is 0 Å². The minimum atomic E-state index is -0.497. The number of ketones is 2. The number of hydrogen-bond donors (Lipinski definition) is 0. The fourth-order valence-electron chi connectivity index (χ4n) is 2.02. The van der Waals surface area contributed by atoms with Crippen molar-refractivity contribution in [3.05, 3.63) is 22.8 Å². The van der Waals surface area contributed by atoms with Gasteiger partial charge in [0.15, 0.2) is 34.6 Å². The molecule has 0 amide bonds. The standard InChI is InChI=1S/C14H18I2O6/c1-9-10(2)13(18)11(8-12(9)17)4-5-14(3,20-15)6-7-19-22-21-16/h8H,4-7H2,1-3H3/t14-/m0/s1. The van der Waals surface area contributed by atoms with Crippen LogP contribution in [0.4, 0.5) is 0 Å². The van der Waals surface area contributed by atoms with Gasteiger partial charge in [-0.1, -0.05) is 5.04 Å². The molecular weight excluding hydrogens is 518 g/mol. The summed E-state index contributed by atoms with van der Waals surface area (Å²) < 4.78 is 9.78. The number of hydrogen-bond acceptors (Lipinski definition) is 6. The molecule has 1 aliphatic rings. The van der Waals surface area contributed by atoms with E-state index in [2.05, 4.69) is 8.26 Å². The monoisotopic (exact) mass is 536 g/mol. The summed E-state index contributed by atoms with van der Waals surface area (Å²) >= 11 is 3.38. The molecule has 0 bridgehead atoms. The first-order valence-corrected chi connectivity index (χ1v) is 8.44. The zero-order valence-corrected chi connectivity index (χ0v) is 16.9. The van der Waals surface area contributed by atoms with Gasteiger partial charge in [0.1, 0.15) is 23.0 Å². The van der Waals surface area contributed by atoms with E-state index in [0.29, 0.717) is 36.0 Å². The average molecular weight is 536 g/mol. The summed E-state index contributed by atoms with van der Waals surface area (Å²) in [6.07, 6.45) is 3.04. The Labute approximate surface area is 157 Å². The SMILES string of the molecule is CC1=C(C)C(=O)C(CC[C@@](C)(CCOOOI)OI)=CC1=O. The molecule has 124 valence electrons. The predicted molar refractivity (Wildman–Crippen MR) is 96.0 cm³/mol. The highest BCUT2D eigenvalue weighted by Gasteiger charge is 2.28. The number of halogens is 2. The molecule has 1 rings (SSSR count). The number of allylic oxidation sites excluding steroid dienone is 4. The number of rotatable bonds is 9. The topological polar surface area (TPSA) is 71.1 Å². The number of carbonyl (C=O) groups excluding carboxylic acids is 2. The first kappa shape index (κ1) is 20.2. The molecule has 0 aliphatic heterocycles. The maximum absolute atomic E-state index is 12.2.